The fourth-order valence-electron chi connectivity index (χ4n) is 6.31. The standard InChI is InChI=1S/C42H81O8P/c1-3-5-7-9-11-13-15-17-18-19-20-21-22-23-25-26-28-30-32-34-36-41(43)48-38-40(39-49-51(45,46)47)50-42(44)37-35-33-31-29-27-24-16-14-12-10-8-6-4-2/h24,27,40H,3-23,25-26,28-39H2,1-2H3,(H2,45,46,47)/b27-24+/t40-/m1/s1. The summed E-state index contributed by atoms with van der Waals surface area (Å²) in [5.41, 5.74) is 0. The molecule has 0 bridgehead atoms. The normalized spacial score (nSPS) is 12.5. The van der Waals surface area contributed by atoms with Gasteiger partial charge >= 0.3 is 19.8 Å². The molecule has 0 radical (unpaired) electrons. The van der Waals surface area contributed by atoms with E-state index in [1.807, 2.05) is 0 Å². The summed E-state index contributed by atoms with van der Waals surface area (Å²) in [6, 6.07) is 0. The molecule has 0 saturated heterocycles. The van der Waals surface area contributed by atoms with E-state index in [2.05, 4.69) is 30.5 Å². The van der Waals surface area contributed by atoms with Gasteiger partial charge in [0.15, 0.2) is 6.10 Å². The topological polar surface area (TPSA) is 119 Å². The highest BCUT2D eigenvalue weighted by Gasteiger charge is 2.22. The molecule has 0 aliphatic carbocycles. The monoisotopic (exact) mass is 745 g/mol. The second-order valence-corrected chi connectivity index (χ2v) is 15.9. The summed E-state index contributed by atoms with van der Waals surface area (Å²) in [5.74, 6) is -0.891. The molecule has 0 aliphatic heterocycles. The van der Waals surface area contributed by atoms with Gasteiger partial charge in [-0.2, -0.15) is 0 Å². The molecule has 0 heterocycles. The largest absolute Gasteiger partial charge is 0.469 e. The Balaban J connectivity index is 3.84. The van der Waals surface area contributed by atoms with E-state index in [9.17, 15) is 14.2 Å². The molecular weight excluding hydrogens is 663 g/mol. The van der Waals surface area contributed by atoms with Gasteiger partial charge in [0.25, 0.3) is 0 Å². The third-order valence-electron chi connectivity index (χ3n) is 9.53. The maximum absolute atomic E-state index is 12.4. The van der Waals surface area contributed by atoms with Gasteiger partial charge < -0.3 is 19.3 Å². The van der Waals surface area contributed by atoms with Crippen molar-refractivity contribution in [1.82, 2.24) is 0 Å². The maximum Gasteiger partial charge on any atom is 0.469 e. The number of carbonyl (C=O) groups excluding carboxylic acids is 2. The molecule has 0 rings (SSSR count). The average molecular weight is 745 g/mol. The number of allylic oxidation sites excluding steroid dienone is 2. The number of esters is 2. The lowest BCUT2D eigenvalue weighted by Crippen LogP contribution is -2.29. The summed E-state index contributed by atoms with van der Waals surface area (Å²) >= 11 is 0. The fourth-order valence-corrected chi connectivity index (χ4v) is 6.67. The van der Waals surface area contributed by atoms with Crippen LogP contribution in [0, 0.1) is 0 Å². The van der Waals surface area contributed by atoms with E-state index in [-0.39, 0.29) is 19.4 Å². The molecule has 2 N–H and O–H groups in total. The van der Waals surface area contributed by atoms with Crippen LogP contribution in [-0.4, -0.2) is 41.0 Å². The number of rotatable bonds is 40. The molecule has 0 unspecified atom stereocenters. The van der Waals surface area contributed by atoms with Crippen molar-refractivity contribution in [2.24, 2.45) is 0 Å². The van der Waals surface area contributed by atoms with Gasteiger partial charge in [-0.05, 0) is 38.5 Å². The summed E-state index contributed by atoms with van der Waals surface area (Å²) in [6.45, 7) is 3.69. The molecule has 0 aromatic heterocycles. The Morgan fingerprint density at radius 3 is 1.22 bits per heavy atom. The van der Waals surface area contributed by atoms with E-state index in [4.69, 9.17) is 19.3 Å². The highest BCUT2D eigenvalue weighted by Crippen LogP contribution is 2.36. The highest BCUT2D eigenvalue weighted by molar-refractivity contribution is 7.46. The van der Waals surface area contributed by atoms with E-state index in [0.717, 1.165) is 44.9 Å². The molecule has 8 nitrogen and oxygen atoms in total. The Morgan fingerprint density at radius 2 is 0.824 bits per heavy atom. The number of phosphoric ester groups is 1. The zero-order valence-electron chi connectivity index (χ0n) is 33.3. The van der Waals surface area contributed by atoms with Crippen LogP contribution in [0.5, 0.6) is 0 Å². The molecule has 0 aliphatic rings. The molecule has 0 aromatic rings. The first kappa shape index (κ1) is 49.8. The Kier molecular flexibility index (Phi) is 37.6. The van der Waals surface area contributed by atoms with Crippen molar-refractivity contribution in [2.75, 3.05) is 13.2 Å². The Labute approximate surface area is 314 Å². The quantitative estimate of drug-likeness (QED) is 0.0275. The van der Waals surface area contributed by atoms with Gasteiger partial charge in [0.1, 0.15) is 6.61 Å². The number of phosphoric acid groups is 1. The van der Waals surface area contributed by atoms with E-state index in [1.54, 1.807) is 0 Å². The molecule has 0 aromatic carbocycles. The van der Waals surface area contributed by atoms with Crippen molar-refractivity contribution in [1.29, 1.82) is 0 Å². The number of carbonyl (C=O) groups is 2. The molecule has 0 fully saturated rings. The molecule has 302 valence electrons. The second kappa shape index (κ2) is 38.5. The maximum atomic E-state index is 12.4. The van der Waals surface area contributed by atoms with Crippen LogP contribution in [0.4, 0.5) is 0 Å². The highest BCUT2D eigenvalue weighted by atomic mass is 31.2. The minimum Gasteiger partial charge on any atom is -0.462 e. The number of hydrogen-bond donors (Lipinski definition) is 2. The predicted molar refractivity (Wildman–Crippen MR) is 212 cm³/mol. The van der Waals surface area contributed by atoms with Gasteiger partial charge in [0.2, 0.25) is 0 Å². The predicted octanol–water partition coefficient (Wildman–Crippen LogP) is 13.0. The van der Waals surface area contributed by atoms with Gasteiger partial charge in [-0.3, -0.25) is 14.1 Å². The minimum atomic E-state index is -4.75. The van der Waals surface area contributed by atoms with E-state index >= 15 is 0 Å². The van der Waals surface area contributed by atoms with Crippen molar-refractivity contribution in [3.05, 3.63) is 12.2 Å². The zero-order chi connectivity index (χ0) is 37.5. The fraction of sp³-hybridized carbons (Fsp3) is 0.905. The number of hydrogen-bond acceptors (Lipinski definition) is 6. The summed E-state index contributed by atoms with van der Waals surface area (Å²) < 4.78 is 26.4. The summed E-state index contributed by atoms with van der Waals surface area (Å²) in [5, 5.41) is 0. The van der Waals surface area contributed by atoms with Crippen molar-refractivity contribution in [3.8, 4) is 0 Å². The third-order valence-corrected chi connectivity index (χ3v) is 10.0. The molecule has 9 heteroatoms. The first-order valence-corrected chi connectivity index (χ1v) is 23.0. The summed E-state index contributed by atoms with van der Waals surface area (Å²) in [4.78, 5) is 42.8. The van der Waals surface area contributed by atoms with Gasteiger partial charge in [0.05, 0.1) is 6.61 Å². The van der Waals surface area contributed by atoms with Crippen LogP contribution in [0.15, 0.2) is 12.2 Å². The van der Waals surface area contributed by atoms with Crippen LogP contribution in [0.3, 0.4) is 0 Å². The SMILES string of the molecule is CCCCCCCC/C=C/CCCCCC(=O)O[C@H](COC(=O)CCCCCCCCCCCCCCCCCCCCCC)COP(=O)(O)O. The smallest absolute Gasteiger partial charge is 0.462 e. The molecule has 0 amide bonds. The minimum absolute atomic E-state index is 0.196. The van der Waals surface area contributed by atoms with Gasteiger partial charge in [0, 0.05) is 12.8 Å². The lowest BCUT2D eigenvalue weighted by Gasteiger charge is -2.18. The van der Waals surface area contributed by atoms with Crippen molar-refractivity contribution in [2.45, 2.75) is 232 Å². The lowest BCUT2D eigenvalue weighted by molar-refractivity contribution is -0.161. The van der Waals surface area contributed by atoms with Crippen molar-refractivity contribution in [3.63, 3.8) is 0 Å². The Hall–Kier alpha value is -1.21. The van der Waals surface area contributed by atoms with Gasteiger partial charge in [-0.25, -0.2) is 4.57 Å². The van der Waals surface area contributed by atoms with Gasteiger partial charge in [-0.1, -0.05) is 187 Å². The van der Waals surface area contributed by atoms with E-state index in [1.165, 1.54) is 148 Å². The molecule has 0 spiro atoms. The molecular formula is C42H81O8P. The van der Waals surface area contributed by atoms with E-state index in [0.29, 0.717) is 6.42 Å². The first-order chi connectivity index (χ1) is 24.8. The van der Waals surface area contributed by atoms with Crippen LogP contribution in [0.25, 0.3) is 0 Å². The van der Waals surface area contributed by atoms with Crippen LogP contribution < -0.4 is 0 Å². The van der Waals surface area contributed by atoms with E-state index < -0.39 is 32.5 Å². The lowest BCUT2D eigenvalue weighted by atomic mass is 10.0. The van der Waals surface area contributed by atoms with Gasteiger partial charge in [-0.15, -0.1) is 0 Å². The van der Waals surface area contributed by atoms with Crippen LogP contribution >= 0.6 is 7.82 Å². The number of unbranched alkanes of at least 4 members (excludes halogenated alkanes) is 28. The summed E-state index contributed by atoms with van der Waals surface area (Å²) in [7, 11) is -4.75. The Morgan fingerprint density at radius 1 is 0.490 bits per heavy atom. The van der Waals surface area contributed by atoms with Crippen LogP contribution in [0.1, 0.15) is 226 Å². The zero-order valence-corrected chi connectivity index (χ0v) is 34.2. The van der Waals surface area contributed by atoms with Crippen molar-refractivity contribution >= 4 is 19.8 Å². The first-order valence-electron chi connectivity index (χ1n) is 21.5. The second-order valence-electron chi connectivity index (χ2n) is 14.7. The van der Waals surface area contributed by atoms with Crippen molar-refractivity contribution < 1.29 is 37.9 Å². The average Bonchev–Trinajstić information content (AvgIpc) is 3.10. The molecule has 1 atom stereocenters. The molecule has 0 saturated carbocycles. The summed E-state index contributed by atoms with van der Waals surface area (Å²) in [6.07, 6.45) is 42.3. The van der Waals surface area contributed by atoms with Crippen LogP contribution in [-0.2, 0) is 28.2 Å². The molecule has 51 heavy (non-hydrogen) atoms. The Bertz CT molecular complexity index is 843. The van der Waals surface area contributed by atoms with Crippen LogP contribution in [0.2, 0.25) is 0 Å². The third kappa shape index (κ3) is 41.4. The number of ether oxygens (including phenoxy) is 2.